The first kappa shape index (κ1) is 23.2. The molecule has 2 aromatic carbocycles. The van der Waals surface area contributed by atoms with Crippen molar-refractivity contribution in [1.82, 2.24) is 13.9 Å². The molecule has 1 aliphatic carbocycles. The molecule has 1 saturated carbocycles. The Labute approximate surface area is 193 Å². The Morgan fingerprint density at radius 1 is 0.969 bits per heavy atom. The zero-order valence-electron chi connectivity index (χ0n) is 17.3. The Morgan fingerprint density at radius 3 is 2.25 bits per heavy atom. The normalized spacial score (nSPS) is 18.0. The standard InChI is InChI=1S/C21H24ClN3O5S2/c22-19-9-6-17(14-20(19)32(29,30)23-18-7-8-18)21(26)24-10-12-25(13-11-24)31(27,28)15-16-4-2-1-3-5-16/h1-6,9,14,18,23H,7-8,10-13,15H2. The zero-order valence-corrected chi connectivity index (χ0v) is 19.7. The van der Waals surface area contributed by atoms with Gasteiger partial charge in [0.05, 0.1) is 10.8 Å². The van der Waals surface area contributed by atoms with E-state index in [1.165, 1.54) is 27.4 Å². The van der Waals surface area contributed by atoms with E-state index in [9.17, 15) is 21.6 Å². The van der Waals surface area contributed by atoms with Crippen LogP contribution in [0.4, 0.5) is 0 Å². The molecule has 0 spiro atoms. The lowest BCUT2D eigenvalue weighted by Gasteiger charge is -2.34. The fourth-order valence-electron chi connectivity index (χ4n) is 3.55. The lowest BCUT2D eigenvalue weighted by molar-refractivity contribution is 0.0697. The Morgan fingerprint density at radius 2 is 1.62 bits per heavy atom. The molecule has 0 atom stereocenters. The van der Waals surface area contributed by atoms with Gasteiger partial charge in [-0.15, -0.1) is 0 Å². The highest BCUT2D eigenvalue weighted by molar-refractivity contribution is 7.89. The molecule has 4 rings (SSSR count). The molecule has 0 unspecified atom stereocenters. The first-order valence-electron chi connectivity index (χ1n) is 10.3. The maximum absolute atomic E-state index is 13.0. The molecule has 1 heterocycles. The molecule has 32 heavy (non-hydrogen) atoms. The van der Waals surface area contributed by atoms with E-state index in [1.54, 1.807) is 24.3 Å². The summed E-state index contributed by atoms with van der Waals surface area (Å²) in [6.45, 7) is 0.807. The first-order valence-corrected chi connectivity index (χ1v) is 13.8. The Hall–Kier alpha value is -1.98. The summed E-state index contributed by atoms with van der Waals surface area (Å²) in [4.78, 5) is 14.4. The molecule has 1 saturated heterocycles. The van der Waals surface area contributed by atoms with Gasteiger partial charge in [-0.2, -0.15) is 4.31 Å². The van der Waals surface area contributed by atoms with Crippen molar-refractivity contribution in [2.45, 2.75) is 29.5 Å². The van der Waals surface area contributed by atoms with Crippen LogP contribution in [0.2, 0.25) is 5.02 Å². The number of hydrogen-bond donors (Lipinski definition) is 1. The van der Waals surface area contributed by atoms with Gasteiger partial charge in [-0.05, 0) is 36.6 Å². The van der Waals surface area contributed by atoms with Crippen LogP contribution in [-0.2, 0) is 25.8 Å². The van der Waals surface area contributed by atoms with Crippen LogP contribution in [0, 0.1) is 0 Å². The molecule has 1 aliphatic heterocycles. The number of halogens is 1. The summed E-state index contributed by atoms with van der Waals surface area (Å²) in [5.74, 6) is -0.446. The van der Waals surface area contributed by atoms with E-state index in [-0.39, 0.29) is 59.4 Å². The second kappa shape index (κ2) is 9.11. The van der Waals surface area contributed by atoms with Crippen molar-refractivity contribution in [2.24, 2.45) is 0 Å². The van der Waals surface area contributed by atoms with Crippen LogP contribution in [0.15, 0.2) is 53.4 Å². The van der Waals surface area contributed by atoms with Crippen LogP contribution in [0.1, 0.15) is 28.8 Å². The van der Waals surface area contributed by atoms with E-state index in [0.29, 0.717) is 5.56 Å². The van der Waals surface area contributed by atoms with Crippen molar-refractivity contribution < 1.29 is 21.6 Å². The van der Waals surface area contributed by atoms with Gasteiger partial charge in [-0.1, -0.05) is 41.9 Å². The fraction of sp³-hybridized carbons (Fsp3) is 0.381. The number of nitrogens with one attached hydrogen (secondary N) is 1. The molecule has 1 amide bonds. The molecule has 2 aliphatic rings. The van der Waals surface area contributed by atoms with Crippen LogP contribution in [-0.4, -0.2) is 64.2 Å². The van der Waals surface area contributed by atoms with Gasteiger partial charge in [-0.3, -0.25) is 4.79 Å². The molecule has 0 aromatic heterocycles. The van der Waals surface area contributed by atoms with Gasteiger partial charge in [0.25, 0.3) is 5.91 Å². The van der Waals surface area contributed by atoms with E-state index in [4.69, 9.17) is 11.6 Å². The molecule has 1 N–H and O–H groups in total. The van der Waals surface area contributed by atoms with Crippen LogP contribution in [0.3, 0.4) is 0 Å². The Bertz CT molecular complexity index is 1210. The van der Waals surface area contributed by atoms with Crippen LogP contribution >= 0.6 is 11.6 Å². The smallest absolute Gasteiger partial charge is 0.253 e. The third kappa shape index (κ3) is 5.32. The van der Waals surface area contributed by atoms with E-state index in [2.05, 4.69) is 4.72 Å². The second-order valence-electron chi connectivity index (χ2n) is 7.97. The summed E-state index contributed by atoms with van der Waals surface area (Å²) < 4.78 is 54.5. The van der Waals surface area contributed by atoms with Crippen molar-refractivity contribution in [3.8, 4) is 0 Å². The molecule has 0 bridgehead atoms. The van der Waals surface area contributed by atoms with Crippen LogP contribution in [0.5, 0.6) is 0 Å². The lowest BCUT2D eigenvalue weighted by atomic mass is 10.2. The van der Waals surface area contributed by atoms with Gasteiger partial charge in [0.2, 0.25) is 20.0 Å². The highest BCUT2D eigenvalue weighted by Gasteiger charge is 2.32. The summed E-state index contributed by atoms with van der Waals surface area (Å²) in [6.07, 6.45) is 1.57. The van der Waals surface area contributed by atoms with E-state index in [0.717, 1.165) is 12.8 Å². The fourth-order valence-corrected chi connectivity index (χ4v) is 6.90. The summed E-state index contributed by atoms with van der Waals surface area (Å²) in [7, 11) is -7.31. The Balaban J connectivity index is 1.43. The van der Waals surface area contributed by atoms with Crippen molar-refractivity contribution in [2.75, 3.05) is 26.2 Å². The van der Waals surface area contributed by atoms with Crippen LogP contribution < -0.4 is 4.72 Å². The number of carbonyl (C=O) groups excluding carboxylic acids is 1. The zero-order chi connectivity index (χ0) is 22.9. The van der Waals surface area contributed by atoms with Gasteiger partial charge in [0.1, 0.15) is 4.90 Å². The predicted molar refractivity (Wildman–Crippen MR) is 121 cm³/mol. The number of sulfonamides is 2. The van der Waals surface area contributed by atoms with Gasteiger partial charge < -0.3 is 4.90 Å². The number of carbonyl (C=O) groups is 1. The van der Waals surface area contributed by atoms with E-state index in [1.807, 2.05) is 6.07 Å². The van der Waals surface area contributed by atoms with Crippen molar-refractivity contribution in [3.05, 3.63) is 64.7 Å². The quantitative estimate of drug-likeness (QED) is 0.630. The van der Waals surface area contributed by atoms with Crippen molar-refractivity contribution in [1.29, 1.82) is 0 Å². The molecule has 0 radical (unpaired) electrons. The van der Waals surface area contributed by atoms with Gasteiger partial charge in [0, 0.05) is 37.8 Å². The highest BCUT2D eigenvalue weighted by Crippen LogP contribution is 2.27. The molecule has 2 aromatic rings. The average Bonchev–Trinajstić information content (AvgIpc) is 3.57. The number of amides is 1. The summed E-state index contributed by atoms with van der Waals surface area (Å²) in [5, 5.41) is 0.0477. The number of nitrogens with zero attached hydrogens (tertiary/aromatic N) is 2. The predicted octanol–water partition coefficient (Wildman–Crippen LogP) is 2.07. The SMILES string of the molecule is O=C(c1ccc(Cl)c(S(=O)(=O)NC2CC2)c1)N1CCN(S(=O)(=O)Cc2ccccc2)CC1. The maximum atomic E-state index is 13.0. The number of hydrogen-bond acceptors (Lipinski definition) is 5. The average molecular weight is 498 g/mol. The minimum Gasteiger partial charge on any atom is -0.336 e. The minimum atomic E-state index is -3.81. The van der Waals surface area contributed by atoms with Gasteiger partial charge >= 0.3 is 0 Å². The minimum absolute atomic E-state index is 0.0477. The molecule has 8 nitrogen and oxygen atoms in total. The van der Waals surface area contributed by atoms with Crippen LogP contribution in [0.25, 0.3) is 0 Å². The monoisotopic (exact) mass is 497 g/mol. The number of rotatable bonds is 7. The summed E-state index contributed by atoms with van der Waals surface area (Å²) >= 11 is 6.09. The third-order valence-electron chi connectivity index (χ3n) is 5.48. The molecular weight excluding hydrogens is 474 g/mol. The first-order chi connectivity index (χ1) is 15.2. The topological polar surface area (TPSA) is 104 Å². The summed E-state index contributed by atoms with van der Waals surface area (Å²) in [5.41, 5.74) is 0.909. The summed E-state index contributed by atoms with van der Waals surface area (Å²) in [6, 6.07) is 13.0. The van der Waals surface area contributed by atoms with E-state index >= 15 is 0 Å². The second-order valence-corrected chi connectivity index (χ2v) is 12.0. The molecule has 11 heteroatoms. The molecule has 172 valence electrons. The molecule has 2 fully saturated rings. The van der Waals surface area contributed by atoms with Crippen molar-refractivity contribution >= 4 is 37.6 Å². The maximum Gasteiger partial charge on any atom is 0.253 e. The van der Waals surface area contributed by atoms with E-state index < -0.39 is 20.0 Å². The number of piperazine rings is 1. The highest BCUT2D eigenvalue weighted by atomic mass is 35.5. The number of benzene rings is 2. The van der Waals surface area contributed by atoms with Gasteiger partial charge in [0.15, 0.2) is 0 Å². The molecular formula is C21H24ClN3O5S2. The lowest BCUT2D eigenvalue weighted by Crippen LogP contribution is -2.50. The van der Waals surface area contributed by atoms with Crippen molar-refractivity contribution in [3.63, 3.8) is 0 Å². The largest absolute Gasteiger partial charge is 0.336 e. The third-order valence-corrected chi connectivity index (χ3v) is 9.33. The Kier molecular flexibility index (Phi) is 6.60. The van der Waals surface area contributed by atoms with Gasteiger partial charge in [-0.25, -0.2) is 21.6 Å².